The van der Waals surface area contributed by atoms with Gasteiger partial charge in [0.25, 0.3) is 11.8 Å². The van der Waals surface area contributed by atoms with Gasteiger partial charge >= 0.3 is 6.36 Å². The standard InChI is InChI=1S/C29H26F3N3O5S/c1-38-22-13-14-23(25(17-22)39-2)27(37)34-28-35(16-6-15-33-26(36)20-7-4-3-5-8-20)24(18-41-28)19-9-11-21(12-10-19)40-29(30,31)32/h3-5,7-14,17-18H,6,15-16H2,1-2H3,(H,33,36)/b34-28-. The van der Waals surface area contributed by atoms with Crippen molar-refractivity contribution in [1.82, 2.24) is 9.88 Å². The van der Waals surface area contributed by atoms with Gasteiger partial charge in [-0.3, -0.25) is 9.59 Å². The molecule has 0 bridgehead atoms. The molecule has 8 nitrogen and oxygen atoms in total. The lowest BCUT2D eigenvalue weighted by molar-refractivity contribution is -0.274. The quantitative estimate of drug-likeness (QED) is 0.242. The van der Waals surface area contributed by atoms with Crippen LogP contribution in [0.2, 0.25) is 0 Å². The lowest BCUT2D eigenvalue weighted by atomic mass is 10.1. The number of methoxy groups -OCH3 is 2. The van der Waals surface area contributed by atoms with E-state index < -0.39 is 12.3 Å². The van der Waals surface area contributed by atoms with Gasteiger partial charge in [-0.1, -0.05) is 18.2 Å². The number of nitrogens with zero attached hydrogens (tertiary/aromatic N) is 2. The fourth-order valence-corrected chi connectivity index (χ4v) is 4.88. The van der Waals surface area contributed by atoms with Crippen LogP contribution in [0, 0.1) is 0 Å². The first kappa shape index (κ1) is 29.4. The summed E-state index contributed by atoms with van der Waals surface area (Å²) in [5.41, 5.74) is 2.00. The van der Waals surface area contributed by atoms with Gasteiger partial charge in [-0.2, -0.15) is 4.99 Å². The maximum absolute atomic E-state index is 13.2. The Hall–Kier alpha value is -4.58. The summed E-state index contributed by atoms with van der Waals surface area (Å²) in [5, 5.41) is 4.63. The van der Waals surface area contributed by atoms with E-state index in [1.54, 1.807) is 52.4 Å². The number of carbonyl (C=O) groups is 2. The van der Waals surface area contributed by atoms with Crippen molar-refractivity contribution in [2.24, 2.45) is 4.99 Å². The van der Waals surface area contributed by atoms with E-state index in [1.165, 1.54) is 49.8 Å². The van der Waals surface area contributed by atoms with Crippen molar-refractivity contribution in [3.8, 4) is 28.5 Å². The number of benzene rings is 3. The van der Waals surface area contributed by atoms with E-state index >= 15 is 0 Å². The molecule has 0 atom stereocenters. The third kappa shape index (κ3) is 7.76. The van der Waals surface area contributed by atoms with Crippen LogP contribution in [0.1, 0.15) is 27.1 Å². The predicted octanol–water partition coefficient (Wildman–Crippen LogP) is 5.69. The molecule has 0 unspecified atom stereocenters. The molecule has 0 spiro atoms. The van der Waals surface area contributed by atoms with Crippen LogP contribution < -0.4 is 24.3 Å². The molecule has 0 aliphatic rings. The molecule has 0 radical (unpaired) electrons. The molecule has 4 rings (SSSR count). The normalized spacial score (nSPS) is 11.7. The fraction of sp³-hybridized carbons (Fsp3) is 0.207. The second kappa shape index (κ2) is 13.2. The van der Waals surface area contributed by atoms with Crippen LogP contribution in [0.25, 0.3) is 11.3 Å². The minimum absolute atomic E-state index is 0.215. The average Bonchev–Trinajstić information content (AvgIpc) is 3.36. The van der Waals surface area contributed by atoms with Crippen LogP contribution >= 0.6 is 11.3 Å². The summed E-state index contributed by atoms with van der Waals surface area (Å²) in [6.45, 7) is 0.703. The number of thiazole rings is 1. The number of alkyl halides is 3. The van der Waals surface area contributed by atoms with Crippen LogP contribution in [0.4, 0.5) is 13.2 Å². The smallest absolute Gasteiger partial charge is 0.497 e. The van der Waals surface area contributed by atoms with Crippen LogP contribution in [0.15, 0.2) is 83.2 Å². The zero-order valence-corrected chi connectivity index (χ0v) is 22.9. The lowest BCUT2D eigenvalue weighted by Gasteiger charge is -2.12. The van der Waals surface area contributed by atoms with Crippen LogP contribution in [-0.2, 0) is 6.54 Å². The van der Waals surface area contributed by atoms with Crippen molar-refractivity contribution in [3.05, 3.63) is 94.1 Å². The molecule has 4 aromatic rings. The summed E-state index contributed by atoms with van der Waals surface area (Å²) in [6.07, 6.45) is -4.31. The highest BCUT2D eigenvalue weighted by molar-refractivity contribution is 7.07. The van der Waals surface area contributed by atoms with Crippen molar-refractivity contribution in [2.45, 2.75) is 19.3 Å². The van der Waals surface area contributed by atoms with E-state index in [1.807, 2.05) is 6.07 Å². The zero-order valence-electron chi connectivity index (χ0n) is 22.1. The second-order valence-corrected chi connectivity index (χ2v) is 9.42. The molecule has 0 aliphatic heterocycles. The first-order valence-corrected chi connectivity index (χ1v) is 13.3. The molecule has 0 aliphatic carbocycles. The summed E-state index contributed by atoms with van der Waals surface area (Å²) >= 11 is 1.20. The molecule has 2 amide bonds. The predicted molar refractivity (Wildman–Crippen MR) is 147 cm³/mol. The van der Waals surface area contributed by atoms with Gasteiger partial charge in [0.15, 0.2) is 4.80 Å². The summed E-state index contributed by atoms with van der Waals surface area (Å²) in [7, 11) is 2.94. The van der Waals surface area contributed by atoms with Crippen molar-refractivity contribution >= 4 is 23.2 Å². The van der Waals surface area contributed by atoms with Crippen LogP contribution in [-0.4, -0.2) is 43.5 Å². The Bertz CT molecular complexity index is 1570. The number of rotatable bonds is 10. The van der Waals surface area contributed by atoms with Crippen LogP contribution in [0.3, 0.4) is 0 Å². The van der Waals surface area contributed by atoms with Gasteiger partial charge in [0.1, 0.15) is 17.2 Å². The van der Waals surface area contributed by atoms with E-state index in [-0.39, 0.29) is 17.2 Å². The summed E-state index contributed by atoms with van der Waals surface area (Å²) in [4.78, 5) is 30.3. The SMILES string of the molecule is COc1ccc(C(=O)/N=c2\scc(-c3ccc(OC(F)(F)F)cc3)n2CCCNC(=O)c2ccccc2)c(OC)c1. The lowest BCUT2D eigenvalue weighted by Crippen LogP contribution is -2.26. The van der Waals surface area contributed by atoms with Gasteiger partial charge in [0, 0.05) is 30.1 Å². The number of aromatic nitrogens is 1. The number of amides is 2. The molecule has 12 heteroatoms. The molecule has 1 aromatic heterocycles. The first-order chi connectivity index (χ1) is 19.7. The van der Waals surface area contributed by atoms with Crippen molar-refractivity contribution in [3.63, 3.8) is 0 Å². The maximum Gasteiger partial charge on any atom is 0.573 e. The van der Waals surface area contributed by atoms with Gasteiger partial charge < -0.3 is 24.1 Å². The highest BCUT2D eigenvalue weighted by Crippen LogP contribution is 2.28. The van der Waals surface area contributed by atoms with E-state index in [2.05, 4.69) is 15.0 Å². The summed E-state index contributed by atoms with van der Waals surface area (Å²) < 4.78 is 54.1. The molecule has 1 N–H and O–H groups in total. The van der Waals surface area contributed by atoms with Gasteiger partial charge in [0.05, 0.1) is 25.5 Å². The molecule has 41 heavy (non-hydrogen) atoms. The fourth-order valence-electron chi connectivity index (χ4n) is 3.95. The molecule has 0 fully saturated rings. The number of halogens is 3. The Balaban J connectivity index is 1.61. The number of hydrogen-bond donors (Lipinski definition) is 1. The minimum Gasteiger partial charge on any atom is -0.497 e. The van der Waals surface area contributed by atoms with Crippen LogP contribution in [0.5, 0.6) is 17.2 Å². The number of ether oxygens (including phenoxy) is 3. The molecular formula is C29H26F3N3O5S. The largest absolute Gasteiger partial charge is 0.573 e. The molecular weight excluding hydrogens is 559 g/mol. The van der Waals surface area contributed by atoms with Gasteiger partial charge in [-0.15, -0.1) is 24.5 Å². The van der Waals surface area contributed by atoms with E-state index in [4.69, 9.17) is 9.47 Å². The Labute approximate surface area is 237 Å². The average molecular weight is 586 g/mol. The zero-order chi connectivity index (χ0) is 29.4. The maximum atomic E-state index is 13.2. The molecule has 0 saturated carbocycles. The van der Waals surface area contributed by atoms with E-state index in [0.29, 0.717) is 52.6 Å². The number of hydrogen-bond acceptors (Lipinski definition) is 6. The highest BCUT2D eigenvalue weighted by Gasteiger charge is 2.31. The summed E-state index contributed by atoms with van der Waals surface area (Å²) in [6, 6.07) is 19.0. The highest BCUT2D eigenvalue weighted by atomic mass is 32.1. The molecule has 1 heterocycles. The minimum atomic E-state index is -4.80. The second-order valence-electron chi connectivity index (χ2n) is 8.59. The van der Waals surface area contributed by atoms with Crippen molar-refractivity contribution in [2.75, 3.05) is 20.8 Å². The number of carbonyl (C=O) groups excluding carboxylic acids is 2. The van der Waals surface area contributed by atoms with E-state index in [0.717, 1.165) is 0 Å². The van der Waals surface area contributed by atoms with Gasteiger partial charge in [-0.25, -0.2) is 0 Å². The molecule has 3 aromatic carbocycles. The Morgan fingerprint density at radius 3 is 2.32 bits per heavy atom. The number of nitrogens with one attached hydrogen (secondary N) is 1. The third-order valence-electron chi connectivity index (χ3n) is 5.90. The van der Waals surface area contributed by atoms with Gasteiger partial charge in [-0.05, 0) is 60.5 Å². The Morgan fingerprint density at radius 1 is 0.951 bits per heavy atom. The molecule has 0 saturated heterocycles. The van der Waals surface area contributed by atoms with Crippen molar-refractivity contribution in [1.29, 1.82) is 0 Å². The molecule has 214 valence electrons. The summed E-state index contributed by atoms with van der Waals surface area (Å²) in [5.74, 6) is -0.294. The van der Waals surface area contributed by atoms with Gasteiger partial charge in [0.2, 0.25) is 0 Å². The first-order valence-electron chi connectivity index (χ1n) is 12.4. The van der Waals surface area contributed by atoms with Crippen molar-refractivity contribution < 1.29 is 37.0 Å². The topological polar surface area (TPSA) is 91.1 Å². The Kier molecular flexibility index (Phi) is 9.45. The Morgan fingerprint density at radius 2 is 1.66 bits per heavy atom. The van der Waals surface area contributed by atoms with E-state index in [9.17, 15) is 22.8 Å². The monoisotopic (exact) mass is 585 g/mol. The third-order valence-corrected chi connectivity index (χ3v) is 6.76.